The van der Waals surface area contributed by atoms with E-state index in [1.165, 1.54) is 0 Å². The summed E-state index contributed by atoms with van der Waals surface area (Å²) in [7, 11) is 0. The molecule has 2 heterocycles. The second kappa shape index (κ2) is 6.93. The Morgan fingerprint density at radius 2 is 1.96 bits per heavy atom. The highest BCUT2D eigenvalue weighted by Gasteiger charge is 2.41. The van der Waals surface area contributed by atoms with Crippen LogP contribution in [0.2, 0.25) is 0 Å². The van der Waals surface area contributed by atoms with Crippen LogP contribution in [-0.2, 0) is 9.59 Å². The van der Waals surface area contributed by atoms with E-state index in [9.17, 15) is 9.59 Å². The van der Waals surface area contributed by atoms with Crippen molar-refractivity contribution in [3.05, 3.63) is 58.9 Å². The number of H-pyrrole nitrogens is 1. The minimum atomic E-state index is -0.771. The normalized spacial score (nSPS) is 20.4. The fourth-order valence-electron chi connectivity index (χ4n) is 3.41. The molecule has 1 aromatic heterocycles. The van der Waals surface area contributed by atoms with Crippen LogP contribution >= 0.6 is 0 Å². The number of aromatic nitrogens is 1. The number of nitrogens with zero attached hydrogens (tertiary/aromatic N) is 1. The van der Waals surface area contributed by atoms with Crippen molar-refractivity contribution in [1.29, 1.82) is 0 Å². The Morgan fingerprint density at radius 3 is 2.60 bits per heavy atom. The van der Waals surface area contributed by atoms with Gasteiger partial charge in [0.25, 0.3) is 5.91 Å². The molecule has 2 atom stereocenters. The molecule has 3 N–H and O–H groups in total. The monoisotopic (exact) mass is 338 g/mol. The zero-order valence-electron chi connectivity index (χ0n) is 14.6. The standard InChI is InChI=1S/C19H22N4O2/c1-11-9-20-12(2)16(11)13(3)22-23-19(25)17-15(10-21-18(17)24)14-7-5-4-6-8-14/h4-9,15,17,20H,10H2,1-3H3,(H,21,24)(H,23,25)/b22-13+. The van der Waals surface area contributed by atoms with Crippen LogP contribution in [0, 0.1) is 19.8 Å². The Balaban J connectivity index is 1.77. The molecule has 130 valence electrons. The van der Waals surface area contributed by atoms with Crippen LogP contribution in [0.25, 0.3) is 0 Å². The summed E-state index contributed by atoms with van der Waals surface area (Å²) in [5.41, 5.74) is 7.29. The molecule has 2 unspecified atom stereocenters. The van der Waals surface area contributed by atoms with Gasteiger partial charge in [-0.1, -0.05) is 30.3 Å². The fourth-order valence-corrected chi connectivity index (χ4v) is 3.41. The van der Waals surface area contributed by atoms with Crippen molar-refractivity contribution >= 4 is 17.5 Å². The molecule has 1 saturated heterocycles. The molecule has 2 aromatic rings. The molecular formula is C19H22N4O2. The predicted molar refractivity (Wildman–Crippen MR) is 96.3 cm³/mol. The van der Waals surface area contributed by atoms with Crippen LogP contribution in [-0.4, -0.2) is 29.1 Å². The summed E-state index contributed by atoms with van der Waals surface area (Å²) >= 11 is 0. The molecule has 2 amide bonds. The highest BCUT2D eigenvalue weighted by Crippen LogP contribution is 2.29. The zero-order valence-corrected chi connectivity index (χ0v) is 14.6. The van der Waals surface area contributed by atoms with Gasteiger partial charge in [-0.05, 0) is 31.9 Å². The Labute approximate surface area is 146 Å². The molecule has 0 spiro atoms. The van der Waals surface area contributed by atoms with Gasteiger partial charge in [0.1, 0.15) is 5.92 Å². The summed E-state index contributed by atoms with van der Waals surface area (Å²) in [5, 5.41) is 6.99. The number of hydrazone groups is 1. The molecule has 1 fully saturated rings. The van der Waals surface area contributed by atoms with E-state index in [2.05, 4.69) is 20.8 Å². The first-order valence-electron chi connectivity index (χ1n) is 8.30. The predicted octanol–water partition coefficient (Wildman–Crippen LogP) is 2.00. The average Bonchev–Trinajstić information content (AvgIpc) is 3.15. The van der Waals surface area contributed by atoms with Crippen LogP contribution in [0.15, 0.2) is 41.6 Å². The molecule has 0 aliphatic carbocycles. The smallest absolute Gasteiger partial charge is 0.253 e. The molecule has 1 aliphatic heterocycles. The third-order valence-electron chi connectivity index (χ3n) is 4.66. The summed E-state index contributed by atoms with van der Waals surface area (Å²) < 4.78 is 0. The van der Waals surface area contributed by atoms with Crippen molar-refractivity contribution in [2.75, 3.05) is 6.54 Å². The molecule has 0 saturated carbocycles. The summed E-state index contributed by atoms with van der Waals surface area (Å²) in [6.07, 6.45) is 1.90. The minimum absolute atomic E-state index is 0.181. The Morgan fingerprint density at radius 1 is 1.24 bits per heavy atom. The minimum Gasteiger partial charge on any atom is -0.364 e. The lowest BCUT2D eigenvalue weighted by Gasteiger charge is -2.15. The molecule has 1 aliphatic rings. The molecule has 3 rings (SSSR count). The average molecular weight is 338 g/mol. The first-order chi connectivity index (χ1) is 12.0. The van der Waals surface area contributed by atoms with Crippen LogP contribution in [0.4, 0.5) is 0 Å². The van der Waals surface area contributed by atoms with Gasteiger partial charge in [-0.25, -0.2) is 5.43 Å². The quantitative estimate of drug-likeness (QED) is 0.452. The SMILES string of the molecule is C/C(=N\NC(=O)C1C(=O)NCC1c1ccccc1)c1c(C)c[nH]c1C. The number of aromatic amines is 1. The molecule has 6 nitrogen and oxygen atoms in total. The second-order valence-corrected chi connectivity index (χ2v) is 6.38. The van der Waals surface area contributed by atoms with Gasteiger partial charge in [-0.2, -0.15) is 5.10 Å². The molecule has 1 aromatic carbocycles. The van der Waals surface area contributed by atoms with E-state index in [1.807, 2.05) is 57.3 Å². The lowest BCUT2D eigenvalue weighted by Crippen LogP contribution is -2.35. The van der Waals surface area contributed by atoms with Gasteiger partial charge in [0, 0.05) is 29.9 Å². The van der Waals surface area contributed by atoms with Gasteiger partial charge in [0.15, 0.2) is 0 Å². The maximum absolute atomic E-state index is 12.6. The van der Waals surface area contributed by atoms with E-state index >= 15 is 0 Å². The van der Waals surface area contributed by atoms with Crippen molar-refractivity contribution in [3.8, 4) is 0 Å². The first kappa shape index (κ1) is 17.0. The van der Waals surface area contributed by atoms with Gasteiger partial charge in [-0.3, -0.25) is 9.59 Å². The number of carbonyl (C=O) groups excluding carboxylic acids is 2. The summed E-state index contributed by atoms with van der Waals surface area (Å²) in [6, 6.07) is 9.61. The third kappa shape index (κ3) is 3.33. The summed E-state index contributed by atoms with van der Waals surface area (Å²) in [5.74, 6) is -1.59. The van der Waals surface area contributed by atoms with Crippen LogP contribution in [0.3, 0.4) is 0 Å². The Bertz CT molecular complexity index is 804. The van der Waals surface area contributed by atoms with E-state index < -0.39 is 5.92 Å². The Hall–Kier alpha value is -2.89. The van der Waals surface area contributed by atoms with Crippen molar-refractivity contribution in [2.45, 2.75) is 26.7 Å². The molecule has 0 bridgehead atoms. The van der Waals surface area contributed by atoms with E-state index in [0.717, 1.165) is 22.4 Å². The third-order valence-corrected chi connectivity index (χ3v) is 4.66. The second-order valence-electron chi connectivity index (χ2n) is 6.38. The van der Waals surface area contributed by atoms with E-state index in [1.54, 1.807) is 0 Å². The zero-order chi connectivity index (χ0) is 18.0. The lowest BCUT2D eigenvalue weighted by atomic mass is 9.88. The molecule has 6 heteroatoms. The Kier molecular flexibility index (Phi) is 4.70. The highest BCUT2D eigenvalue weighted by molar-refractivity contribution is 6.05. The number of aryl methyl sites for hydroxylation is 2. The molecular weight excluding hydrogens is 316 g/mol. The highest BCUT2D eigenvalue weighted by atomic mass is 16.2. The summed E-state index contributed by atoms with van der Waals surface area (Å²) in [4.78, 5) is 27.9. The fraction of sp³-hybridized carbons (Fsp3) is 0.316. The largest absolute Gasteiger partial charge is 0.364 e. The first-order valence-corrected chi connectivity index (χ1v) is 8.30. The number of hydrogen-bond acceptors (Lipinski definition) is 3. The van der Waals surface area contributed by atoms with Crippen molar-refractivity contribution in [1.82, 2.24) is 15.7 Å². The van der Waals surface area contributed by atoms with Gasteiger partial charge < -0.3 is 10.3 Å². The van der Waals surface area contributed by atoms with Gasteiger partial charge >= 0.3 is 0 Å². The van der Waals surface area contributed by atoms with Crippen LogP contribution in [0.1, 0.15) is 35.2 Å². The number of hydrogen-bond donors (Lipinski definition) is 3. The summed E-state index contributed by atoms with van der Waals surface area (Å²) in [6.45, 7) is 6.24. The lowest BCUT2D eigenvalue weighted by molar-refractivity contribution is -0.133. The van der Waals surface area contributed by atoms with Crippen molar-refractivity contribution in [3.63, 3.8) is 0 Å². The maximum atomic E-state index is 12.6. The maximum Gasteiger partial charge on any atom is 0.253 e. The molecule has 25 heavy (non-hydrogen) atoms. The van der Waals surface area contributed by atoms with Crippen molar-refractivity contribution in [2.24, 2.45) is 11.0 Å². The van der Waals surface area contributed by atoms with Crippen molar-refractivity contribution < 1.29 is 9.59 Å². The van der Waals surface area contributed by atoms with E-state index in [0.29, 0.717) is 12.3 Å². The number of nitrogens with one attached hydrogen (secondary N) is 3. The van der Waals surface area contributed by atoms with E-state index in [-0.39, 0.29) is 17.7 Å². The number of benzene rings is 1. The number of rotatable bonds is 4. The topological polar surface area (TPSA) is 86.3 Å². The van der Waals surface area contributed by atoms with Gasteiger partial charge in [-0.15, -0.1) is 0 Å². The van der Waals surface area contributed by atoms with Crippen LogP contribution in [0.5, 0.6) is 0 Å². The van der Waals surface area contributed by atoms with Gasteiger partial charge in [0.05, 0.1) is 5.71 Å². The number of carbonyl (C=O) groups is 2. The number of amides is 2. The van der Waals surface area contributed by atoms with Gasteiger partial charge in [0.2, 0.25) is 5.91 Å². The molecule has 0 radical (unpaired) electrons. The van der Waals surface area contributed by atoms with Crippen LogP contribution < -0.4 is 10.7 Å². The van der Waals surface area contributed by atoms with E-state index in [4.69, 9.17) is 0 Å².